The van der Waals surface area contributed by atoms with Gasteiger partial charge in [-0.2, -0.15) is 0 Å². The Balaban J connectivity index is 1.97. The van der Waals surface area contributed by atoms with E-state index in [1.165, 1.54) is 10.5 Å². The third-order valence-electron chi connectivity index (χ3n) is 2.45. The number of benzene rings is 1. The van der Waals surface area contributed by atoms with Crippen molar-refractivity contribution < 1.29 is 4.74 Å². The molecule has 0 aliphatic heterocycles. The van der Waals surface area contributed by atoms with E-state index in [2.05, 4.69) is 33.5 Å². The zero-order chi connectivity index (χ0) is 12.6. The highest BCUT2D eigenvalue weighted by Crippen LogP contribution is 2.27. The predicted molar refractivity (Wildman–Crippen MR) is 72.7 cm³/mol. The molecule has 2 rings (SSSR count). The standard InChI is InChI=1S/C13H17N3OS/c1-17-9-8-14-10-11-4-2-3-5-12(11)18-13-15-6-7-16-13/h2-7,14H,8-10H2,1H3,(H,15,16). The average molecular weight is 263 g/mol. The van der Waals surface area contributed by atoms with Gasteiger partial charge < -0.3 is 15.0 Å². The average Bonchev–Trinajstić information content (AvgIpc) is 2.89. The quantitative estimate of drug-likeness (QED) is 0.753. The molecule has 96 valence electrons. The van der Waals surface area contributed by atoms with Crippen molar-refractivity contribution in [3.05, 3.63) is 42.2 Å². The Morgan fingerprint density at radius 2 is 2.28 bits per heavy atom. The molecule has 0 amide bonds. The maximum atomic E-state index is 5.01. The Morgan fingerprint density at radius 3 is 3.06 bits per heavy atom. The Morgan fingerprint density at radius 1 is 1.39 bits per heavy atom. The molecule has 0 saturated heterocycles. The normalized spacial score (nSPS) is 10.7. The van der Waals surface area contributed by atoms with Crippen molar-refractivity contribution in [3.8, 4) is 0 Å². The van der Waals surface area contributed by atoms with E-state index in [0.29, 0.717) is 0 Å². The fraction of sp³-hybridized carbons (Fsp3) is 0.308. The van der Waals surface area contributed by atoms with Gasteiger partial charge in [0.25, 0.3) is 0 Å². The lowest BCUT2D eigenvalue weighted by atomic mass is 10.2. The van der Waals surface area contributed by atoms with Crippen LogP contribution in [0.15, 0.2) is 46.7 Å². The van der Waals surface area contributed by atoms with E-state index in [9.17, 15) is 0 Å². The van der Waals surface area contributed by atoms with Gasteiger partial charge >= 0.3 is 0 Å². The zero-order valence-electron chi connectivity index (χ0n) is 10.3. The van der Waals surface area contributed by atoms with Crippen LogP contribution in [-0.2, 0) is 11.3 Å². The summed E-state index contributed by atoms with van der Waals surface area (Å²) in [4.78, 5) is 8.55. The Hall–Kier alpha value is -1.30. The van der Waals surface area contributed by atoms with E-state index in [1.807, 2.05) is 12.3 Å². The molecule has 0 aliphatic rings. The maximum absolute atomic E-state index is 5.01. The highest BCUT2D eigenvalue weighted by molar-refractivity contribution is 7.99. The van der Waals surface area contributed by atoms with Crippen molar-refractivity contribution in [2.75, 3.05) is 20.3 Å². The van der Waals surface area contributed by atoms with Crippen molar-refractivity contribution >= 4 is 11.8 Å². The number of methoxy groups -OCH3 is 1. The third kappa shape index (κ3) is 3.87. The highest BCUT2D eigenvalue weighted by atomic mass is 32.2. The van der Waals surface area contributed by atoms with Gasteiger partial charge in [0.2, 0.25) is 0 Å². The molecule has 1 heterocycles. The second-order valence-corrected chi connectivity index (χ2v) is 4.80. The van der Waals surface area contributed by atoms with Crippen LogP contribution in [0.4, 0.5) is 0 Å². The van der Waals surface area contributed by atoms with Crippen molar-refractivity contribution in [3.63, 3.8) is 0 Å². The number of ether oxygens (including phenoxy) is 1. The van der Waals surface area contributed by atoms with Crippen LogP contribution in [0.2, 0.25) is 0 Å². The minimum absolute atomic E-state index is 0.730. The molecule has 1 aromatic carbocycles. The molecule has 2 N–H and O–H groups in total. The van der Waals surface area contributed by atoms with Crippen molar-refractivity contribution in [2.45, 2.75) is 16.6 Å². The molecule has 0 fully saturated rings. The third-order valence-corrected chi connectivity index (χ3v) is 3.49. The molecule has 0 radical (unpaired) electrons. The van der Waals surface area contributed by atoms with Crippen molar-refractivity contribution in [1.82, 2.24) is 15.3 Å². The molecule has 0 unspecified atom stereocenters. The summed E-state index contributed by atoms with van der Waals surface area (Å²) in [6.45, 7) is 2.43. The largest absolute Gasteiger partial charge is 0.383 e. The van der Waals surface area contributed by atoms with Gasteiger partial charge in [-0.25, -0.2) is 4.98 Å². The first-order valence-electron chi connectivity index (χ1n) is 5.85. The lowest BCUT2D eigenvalue weighted by Crippen LogP contribution is -2.18. The fourth-order valence-electron chi connectivity index (χ4n) is 1.56. The van der Waals surface area contributed by atoms with E-state index in [1.54, 1.807) is 25.1 Å². The van der Waals surface area contributed by atoms with Gasteiger partial charge in [-0.3, -0.25) is 0 Å². The van der Waals surface area contributed by atoms with Gasteiger partial charge in [-0.05, 0) is 11.6 Å². The summed E-state index contributed by atoms with van der Waals surface area (Å²) in [6, 6.07) is 8.34. The maximum Gasteiger partial charge on any atom is 0.170 e. The summed E-state index contributed by atoms with van der Waals surface area (Å²) in [6.07, 6.45) is 3.60. The number of nitrogens with one attached hydrogen (secondary N) is 2. The number of aromatic nitrogens is 2. The molecule has 0 aliphatic carbocycles. The molecular formula is C13H17N3OS. The van der Waals surface area contributed by atoms with Crippen molar-refractivity contribution in [2.24, 2.45) is 0 Å². The first-order chi connectivity index (χ1) is 8.90. The molecule has 0 saturated carbocycles. The molecule has 0 atom stereocenters. The Labute approximate surface area is 111 Å². The first kappa shape index (κ1) is 13.1. The van der Waals surface area contributed by atoms with Gasteiger partial charge in [0, 0.05) is 37.5 Å². The summed E-state index contributed by atoms with van der Waals surface area (Å²) in [5.74, 6) is 0. The number of H-pyrrole nitrogens is 1. The van der Waals surface area contributed by atoms with Crippen LogP contribution in [0, 0.1) is 0 Å². The van der Waals surface area contributed by atoms with Gasteiger partial charge in [0.1, 0.15) is 0 Å². The lowest BCUT2D eigenvalue weighted by molar-refractivity contribution is 0.199. The molecule has 0 bridgehead atoms. The summed E-state index contributed by atoms with van der Waals surface area (Å²) in [5.41, 5.74) is 1.27. The second kappa shape index (κ2) is 7.20. The first-order valence-corrected chi connectivity index (χ1v) is 6.66. The number of rotatable bonds is 7. The van der Waals surface area contributed by atoms with E-state index in [0.717, 1.165) is 24.9 Å². The van der Waals surface area contributed by atoms with Crippen LogP contribution in [0.1, 0.15) is 5.56 Å². The second-order valence-electron chi connectivity index (χ2n) is 3.77. The number of hydrogen-bond donors (Lipinski definition) is 2. The van der Waals surface area contributed by atoms with Crippen LogP contribution < -0.4 is 5.32 Å². The smallest absolute Gasteiger partial charge is 0.170 e. The van der Waals surface area contributed by atoms with Gasteiger partial charge in [0.05, 0.1) is 6.61 Å². The van der Waals surface area contributed by atoms with Gasteiger partial charge in [-0.1, -0.05) is 30.0 Å². The topological polar surface area (TPSA) is 49.9 Å². The van der Waals surface area contributed by atoms with E-state index in [4.69, 9.17) is 4.74 Å². The minimum atomic E-state index is 0.730. The van der Waals surface area contributed by atoms with E-state index in [-0.39, 0.29) is 0 Å². The number of nitrogens with zero attached hydrogens (tertiary/aromatic N) is 1. The van der Waals surface area contributed by atoms with Crippen LogP contribution >= 0.6 is 11.8 Å². The summed E-state index contributed by atoms with van der Waals surface area (Å²) in [7, 11) is 1.71. The summed E-state index contributed by atoms with van der Waals surface area (Å²) in [5, 5.41) is 4.27. The lowest BCUT2D eigenvalue weighted by Gasteiger charge is -2.08. The fourth-order valence-corrected chi connectivity index (χ4v) is 2.42. The Bertz CT molecular complexity index is 459. The SMILES string of the molecule is COCCNCc1ccccc1Sc1ncc[nH]1. The zero-order valence-corrected chi connectivity index (χ0v) is 11.2. The van der Waals surface area contributed by atoms with Crippen LogP contribution in [0.5, 0.6) is 0 Å². The van der Waals surface area contributed by atoms with Gasteiger partial charge in [-0.15, -0.1) is 0 Å². The minimum Gasteiger partial charge on any atom is -0.383 e. The molecule has 1 aromatic heterocycles. The molecule has 2 aromatic rings. The van der Waals surface area contributed by atoms with Crippen LogP contribution in [0.3, 0.4) is 0 Å². The number of imidazole rings is 1. The molecule has 18 heavy (non-hydrogen) atoms. The summed E-state index contributed by atoms with van der Waals surface area (Å²) < 4.78 is 5.01. The molecule has 0 spiro atoms. The van der Waals surface area contributed by atoms with Crippen LogP contribution in [-0.4, -0.2) is 30.2 Å². The van der Waals surface area contributed by atoms with Crippen LogP contribution in [0.25, 0.3) is 0 Å². The number of hydrogen-bond acceptors (Lipinski definition) is 4. The molecular weight excluding hydrogens is 246 g/mol. The van der Waals surface area contributed by atoms with Gasteiger partial charge in [0.15, 0.2) is 5.16 Å². The monoisotopic (exact) mass is 263 g/mol. The number of aromatic amines is 1. The molecule has 4 nitrogen and oxygen atoms in total. The van der Waals surface area contributed by atoms with E-state index < -0.39 is 0 Å². The predicted octanol–water partition coefficient (Wildman–Crippen LogP) is 2.30. The van der Waals surface area contributed by atoms with E-state index >= 15 is 0 Å². The summed E-state index contributed by atoms with van der Waals surface area (Å²) >= 11 is 1.65. The van der Waals surface area contributed by atoms with Crippen molar-refractivity contribution in [1.29, 1.82) is 0 Å². The Kier molecular flexibility index (Phi) is 5.26. The highest BCUT2D eigenvalue weighted by Gasteiger charge is 2.04. The molecule has 5 heteroatoms.